The van der Waals surface area contributed by atoms with Gasteiger partial charge in [0.15, 0.2) is 0 Å². The third-order valence-electron chi connectivity index (χ3n) is 3.39. The van der Waals surface area contributed by atoms with Crippen molar-refractivity contribution in [2.24, 2.45) is 5.10 Å². The molecule has 0 saturated heterocycles. The topological polar surface area (TPSA) is 135 Å². The fraction of sp³-hybridized carbons (Fsp3) is 0.158. The maximum absolute atomic E-state index is 12.1. The lowest BCUT2D eigenvalue weighted by Crippen LogP contribution is -2.19. The second-order valence-electron chi connectivity index (χ2n) is 5.33. The summed E-state index contributed by atoms with van der Waals surface area (Å²) in [7, 11) is 3.17. The van der Waals surface area contributed by atoms with Crippen molar-refractivity contribution in [3.63, 3.8) is 0 Å². The molecule has 0 radical (unpaired) electrons. The number of ether oxygens (including phenoxy) is 2. The van der Waals surface area contributed by atoms with Crippen molar-refractivity contribution in [3.05, 3.63) is 57.2 Å². The molecule has 1 amide bonds. The van der Waals surface area contributed by atoms with Gasteiger partial charge in [-0.15, -0.1) is 0 Å². The third kappa shape index (κ3) is 7.78. The first-order chi connectivity index (χ1) is 13.7. The number of benzene rings is 2. The van der Waals surface area contributed by atoms with E-state index in [2.05, 4.69) is 33.1 Å². The number of hydrogen-bond donors (Lipinski definition) is 3. The molecule has 0 aliphatic carbocycles. The van der Waals surface area contributed by atoms with Gasteiger partial charge in [-0.25, -0.2) is 15.0 Å². The van der Waals surface area contributed by atoms with E-state index in [0.717, 1.165) is 9.13 Å². The van der Waals surface area contributed by atoms with Gasteiger partial charge >= 0.3 is 11.9 Å². The molecule has 9 nitrogen and oxygen atoms in total. The molecular formula is C19H19IN2O7. The summed E-state index contributed by atoms with van der Waals surface area (Å²) in [6, 6.07) is 12.7. The van der Waals surface area contributed by atoms with E-state index in [1.165, 1.54) is 0 Å². The molecule has 2 aromatic carbocycles. The van der Waals surface area contributed by atoms with Crippen LogP contribution in [0.15, 0.2) is 47.6 Å². The lowest BCUT2D eigenvalue weighted by molar-refractivity contribution is -0.159. The summed E-state index contributed by atoms with van der Waals surface area (Å²) in [5, 5.41) is 18.9. The summed E-state index contributed by atoms with van der Waals surface area (Å²) < 4.78 is 11.5. The Balaban J connectivity index is 0.000000612. The Kier molecular flexibility index (Phi) is 9.59. The summed E-state index contributed by atoms with van der Waals surface area (Å²) >= 11 is 2.16. The summed E-state index contributed by atoms with van der Waals surface area (Å²) in [6.45, 7) is 1.80. The van der Waals surface area contributed by atoms with Crippen LogP contribution in [0.25, 0.3) is 0 Å². The number of nitrogens with zero attached hydrogens (tertiary/aromatic N) is 1. The minimum absolute atomic E-state index is 0.254. The predicted molar refractivity (Wildman–Crippen MR) is 114 cm³/mol. The number of carboxylic acid groups (broad SMARTS) is 2. The van der Waals surface area contributed by atoms with Crippen molar-refractivity contribution >= 4 is 46.1 Å². The predicted octanol–water partition coefficient (Wildman–Crippen LogP) is 2.62. The van der Waals surface area contributed by atoms with Crippen LogP contribution in [-0.4, -0.2) is 48.0 Å². The molecule has 0 heterocycles. The van der Waals surface area contributed by atoms with Gasteiger partial charge in [-0.05, 0) is 59.8 Å². The van der Waals surface area contributed by atoms with Crippen molar-refractivity contribution < 1.29 is 34.1 Å². The molecule has 154 valence electrons. The molecule has 0 aliphatic heterocycles. The van der Waals surface area contributed by atoms with Crippen LogP contribution in [0.4, 0.5) is 0 Å². The highest BCUT2D eigenvalue weighted by atomic mass is 127. The van der Waals surface area contributed by atoms with E-state index < -0.39 is 11.9 Å². The Morgan fingerprint density at radius 2 is 1.66 bits per heavy atom. The largest absolute Gasteiger partial charge is 0.497 e. The van der Waals surface area contributed by atoms with Crippen molar-refractivity contribution in [2.45, 2.75) is 6.92 Å². The van der Waals surface area contributed by atoms with Gasteiger partial charge in [-0.3, -0.25) is 4.79 Å². The number of carboxylic acids is 2. The fourth-order valence-corrected chi connectivity index (χ4v) is 2.53. The van der Waals surface area contributed by atoms with Crippen LogP contribution in [0.2, 0.25) is 0 Å². The normalized spacial score (nSPS) is 10.3. The smallest absolute Gasteiger partial charge is 0.414 e. The summed E-state index contributed by atoms with van der Waals surface area (Å²) in [6.07, 6.45) is 0. The van der Waals surface area contributed by atoms with Gasteiger partial charge in [0.05, 0.1) is 19.9 Å². The van der Waals surface area contributed by atoms with E-state index in [1.54, 1.807) is 39.3 Å². The SMILES string of the molecule is COc1ccc(C(C)=NNC(=O)c2cccc(I)c2)c(OC)c1.O=C(O)C(=O)O. The Hall–Kier alpha value is -3.15. The minimum Gasteiger partial charge on any atom is -0.497 e. The Morgan fingerprint density at radius 1 is 1.00 bits per heavy atom. The molecule has 29 heavy (non-hydrogen) atoms. The molecule has 0 atom stereocenters. The number of hydrazone groups is 1. The fourth-order valence-electron chi connectivity index (χ4n) is 1.99. The molecule has 2 rings (SSSR count). The molecule has 0 aliphatic rings. The number of amides is 1. The number of nitrogens with one attached hydrogen (secondary N) is 1. The number of hydrogen-bond acceptors (Lipinski definition) is 6. The van der Waals surface area contributed by atoms with Crippen LogP contribution in [0.3, 0.4) is 0 Å². The standard InChI is InChI=1S/C17H17IN2O3.C2H2O4/c1-11(15-8-7-14(22-2)10-16(15)23-3)19-20-17(21)12-5-4-6-13(18)9-12;3-1(4)2(5)6/h4-10H,1-3H3,(H,20,21);(H,3,4)(H,5,6). The quantitative estimate of drug-likeness (QED) is 0.242. The van der Waals surface area contributed by atoms with Crippen LogP contribution >= 0.6 is 22.6 Å². The third-order valence-corrected chi connectivity index (χ3v) is 4.06. The summed E-state index contributed by atoms with van der Waals surface area (Å²) in [5.41, 5.74) is 4.56. The first-order valence-electron chi connectivity index (χ1n) is 7.98. The minimum atomic E-state index is -1.82. The zero-order valence-electron chi connectivity index (χ0n) is 15.8. The highest BCUT2D eigenvalue weighted by molar-refractivity contribution is 14.1. The van der Waals surface area contributed by atoms with E-state index in [9.17, 15) is 4.79 Å². The van der Waals surface area contributed by atoms with Crippen LogP contribution in [0.1, 0.15) is 22.8 Å². The molecule has 10 heteroatoms. The number of carbonyl (C=O) groups excluding carboxylic acids is 1. The van der Waals surface area contributed by atoms with Gasteiger partial charge in [-0.1, -0.05) is 6.07 Å². The maximum atomic E-state index is 12.1. The molecule has 0 aromatic heterocycles. The van der Waals surface area contributed by atoms with E-state index >= 15 is 0 Å². The second-order valence-corrected chi connectivity index (χ2v) is 6.57. The maximum Gasteiger partial charge on any atom is 0.414 e. The van der Waals surface area contributed by atoms with Gasteiger partial charge in [0.2, 0.25) is 0 Å². The van der Waals surface area contributed by atoms with Crippen LogP contribution in [0, 0.1) is 3.57 Å². The molecule has 0 fully saturated rings. The van der Waals surface area contributed by atoms with Crippen LogP contribution in [0.5, 0.6) is 11.5 Å². The van der Waals surface area contributed by atoms with Gasteiger partial charge in [-0.2, -0.15) is 5.10 Å². The highest BCUT2D eigenvalue weighted by Gasteiger charge is 2.10. The number of rotatable bonds is 5. The number of aliphatic carboxylic acids is 2. The average Bonchev–Trinajstić information content (AvgIpc) is 2.71. The zero-order valence-corrected chi connectivity index (χ0v) is 18.0. The monoisotopic (exact) mass is 514 g/mol. The zero-order chi connectivity index (χ0) is 22.0. The molecule has 3 N–H and O–H groups in total. The van der Waals surface area contributed by atoms with E-state index in [1.807, 2.05) is 24.3 Å². The van der Waals surface area contributed by atoms with Crippen molar-refractivity contribution in [1.82, 2.24) is 5.43 Å². The van der Waals surface area contributed by atoms with E-state index in [4.69, 9.17) is 29.3 Å². The van der Waals surface area contributed by atoms with E-state index in [-0.39, 0.29) is 5.91 Å². The van der Waals surface area contributed by atoms with Crippen molar-refractivity contribution in [3.8, 4) is 11.5 Å². The lowest BCUT2D eigenvalue weighted by atomic mass is 10.1. The lowest BCUT2D eigenvalue weighted by Gasteiger charge is -2.10. The molecule has 0 saturated carbocycles. The number of carbonyl (C=O) groups is 3. The van der Waals surface area contributed by atoms with Crippen LogP contribution < -0.4 is 14.9 Å². The Bertz CT molecular complexity index is 917. The molecule has 0 bridgehead atoms. The van der Waals surface area contributed by atoms with Crippen molar-refractivity contribution in [1.29, 1.82) is 0 Å². The Morgan fingerprint density at radius 3 is 2.17 bits per heavy atom. The second kappa shape index (κ2) is 11.6. The van der Waals surface area contributed by atoms with Gasteiger partial charge in [0, 0.05) is 20.8 Å². The number of methoxy groups -OCH3 is 2. The first-order valence-corrected chi connectivity index (χ1v) is 9.06. The van der Waals surface area contributed by atoms with Crippen LogP contribution in [-0.2, 0) is 9.59 Å². The molecule has 0 spiro atoms. The molecule has 0 unspecified atom stereocenters. The average molecular weight is 514 g/mol. The summed E-state index contributed by atoms with van der Waals surface area (Å²) in [5.74, 6) is -2.57. The highest BCUT2D eigenvalue weighted by Crippen LogP contribution is 2.25. The van der Waals surface area contributed by atoms with Gasteiger partial charge in [0.25, 0.3) is 5.91 Å². The Labute approximate surface area is 180 Å². The molecular weight excluding hydrogens is 495 g/mol. The molecule has 2 aromatic rings. The van der Waals surface area contributed by atoms with Gasteiger partial charge < -0.3 is 19.7 Å². The van der Waals surface area contributed by atoms with Crippen molar-refractivity contribution in [2.75, 3.05) is 14.2 Å². The van der Waals surface area contributed by atoms with Gasteiger partial charge in [0.1, 0.15) is 11.5 Å². The van der Waals surface area contributed by atoms with E-state index in [0.29, 0.717) is 22.8 Å². The summed E-state index contributed by atoms with van der Waals surface area (Å²) in [4.78, 5) is 30.3. The first kappa shape index (κ1) is 23.9. The number of halogens is 1.